The van der Waals surface area contributed by atoms with E-state index < -0.39 is 0 Å². The summed E-state index contributed by atoms with van der Waals surface area (Å²) in [6.45, 7) is 6.31. The van der Waals surface area contributed by atoms with Gasteiger partial charge in [-0.25, -0.2) is 0 Å². The van der Waals surface area contributed by atoms with Crippen LogP contribution in [0.2, 0.25) is 0 Å². The average molecular weight is 235 g/mol. The third-order valence-electron chi connectivity index (χ3n) is 2.05. The predicted molar refractivity (Wildman–Crippen MR) is 62.6 cm³/mol. The van der Waals surface area contributed by atoms with Gasteiger partial charge in [-0.3, -0.25) is 0 Å². The molecule has 0 aromatic carbocycles. The molecule has 1 unspecified atom stereocenters. The van der Waals surface area contributed by atoms with Gasteiger partial charge in [-0.15, -0.1) is 0 Å². The molecule has 0 saturated carbocycles. The fourth-order valence-corrected chi connectivity index (χ4v) is 1.18. The Labute approximate surface area is 98.2 Å². The van der Waals surface area contributed by atoms with Gasteiger partial charge in [0.15, 0.2) is 0 Å². The van der Waals surface area contributed by atoms with Gasteiger partial charge in [0.2, 0.25) is 0 Å². The number of hydrogen-bond donors (Lipinski definition) is 1. The summed E-state index contributed by atoms with van der Waals surface area (Å²) in [4.78, 5) is 0. The van der Waals surface area contributed by atoms with Crippen molar-refractivity contribution in [2.24, 2.45) is 5.73 Å². The number of nitrogens with two attached hydrogens (primary N) is 1. The number of methoxy groups -OCH3 is 1. The van der Waals surface area contributed by atoms with Crippen molar-refractivity contribution in [3.05, 3.63) is 0 Å². The molecule has 0 heterocycles. The van der Waals surface area contributed by atoms with Crippen molar-refractivity contribution < 1.29 is 18.9 Å². The Hall–Kier alpha value is -0.200. The first-order chi connectivity index (χ1) is 7.85. The summed E-state index contributed by atoms with van der Waals surface area (Å²) in [5.41, 5.74) is 5.54. The molecule has 0 aliphatic carbocycles. The molecule has 0 saturated heterocycles. The van der Waals surface area contributed by atoms with Gasteiger partial charge in [-0.1, -0.05) is 0 Å². The molecule has 16 heavy (non-hydrogen) atoms. The molecule has 1 atom stereocenters. The van der Waals surface area contributed by atoms with Crippen molar-refractivity contribution >= 4 is 0 Å². The molecule has 0 aromatic rings. The maximum Gasteiger partial charge on any atom is 0.0719 e. The minimum absolute atomic E-state index is 0.111. The van der Waals surface area contributed by atoms with Gasteiger partial charge in [0.1, 0.15) is 0 Å². The van der Waals surface area contributed by atoms with Gasteiger partial charge < -0.3 is 24.7 Å². The van der Waals surface area contributed by atoms with Gasteiger partial charge in [-0.05, 0) is 13.3 Å². The van der Waals surface area contributed by atoms with E-state index in [0.717, 1.165) is 6.42 Å². The molecule has 5 heteroatoms. The molecule has 0 aliphatic rings. The van der Waals surface area contributed by atoms with Crippen LogP contribution in [-0.2, 0) is 18.9 Å². The second-order valence-corrected chi connectivity index (χ2v) is 3.32. The standard InChI is InChI=1S/C11H25NO4/c1-3-16-11(10-12)4-5-14-8-9-15-7-6-13-2/h11H,3-10,12H2,1-2H3. The van der Waals surface area contributed by atoms with Crippen LogP contribution < -0.4 is 5.73 Å². The zero-order valence-electron chi connectivity index (χ0n) is 10.4. The van der Waals surface area contributed by atoms with Crippen molar-refractivity contribution in [3.8, 4) is 0 Å². The van der Waals surface area contributed by atoms with Gasteiger partial charge >= 0.3 is 0 Å². The molecule has 0 spiro atoms. The van der Waals surface area contributed by atoms with Crippen LogP contribution in [0.25, 0.3) is 0 Å². The molecule has 0 bridgehead atoms. The largest absolute Gasteiger partial charge is 0.382 e. The fraction of sp³-hybridized carbons (Fsp3) is 1.00. The second-order valence-electron chi connectivity index (χ2n) is 3.32. The summed E-state index contributed by atoms with van der Waals surface area (Å²) >= 11 is 0. The Kier molecular flexibility index (Phi) is 12.7. The van der Waals surface area contributed by atoms with Gasteiger partial charge in [-0.2, -0.15) is 0 Å². The molecule has 0 aromatic heterocycles. The normalized spacial score (nSPS) is 12.9. The summed E-state index contributed by atoms with van der Waals surface area (Å²) in [5, 5.41) is 0. The van der Waals surface area contributed by atoms with E-state index in [2.05, 4.69) is 0 Å². The molecule has 0 amide bonds. The van der Waals surface area contributed by atoms with E-state index >= 15 is 0 Å². The summed E-state index contributed by atoms with van der Waals surface area (Å²) in [6, 6.07) is 0. The van der Waals surface area contributed by atoms with Crippen LogP contribution >= 0.6 is 0 Å². The topological polar surface area (TPSA) is 62.9 Å². The monoisotopic (exact) mass is 235 g/mol. The third kappa shape index (κ3) is 10.3. The lowest BCUT2D eigenvalue weighted by Crippen LogP contribution is -2.25. The highest BCUT2D eigenvalue weighted by atomic mass is 16.5. The van der Waals surface area contributed by atoms with Crippen molar-refractivity contribution in [3.63, 3.8) is 0 Å². The molecule has 0 fully saturated rings. The zero-order valence-corrected chi connectivity index (χ0v) is 10.4. The average Bonchev–Trinajstić information content (AvgIpc) is 2.31. The highest BCUT2D eigenvalue weighted by molar-refractivity contribution is 4.57. The number of hydrogen-bond acceptors (Lipinski definition) is 5. The Morgan fingerprint density at radius 1 is 1.00 bits per heavy atom. The van der Waals surface area contributed by atoms with E-state index in [4.69, 9.17) is 24.7 Å². The first-order valence-corrected chi connectivity index (χ1v) is 5.81. The molecule has 2 N–H and O–H groups in total. The predicted octanol–water partition coefficient (Wildman–Crippen LogP) is 0.420. The van der Waals surface area contributed by atoms with Crippen LogP contribution in [0.4, 0.5) is 0 Å². The molecule has 0 rings (SSSR count). The lowest BCUT2D eigenvalue weighted by molar-refractivity contribution is 0.00431. The lowest BCUT2D eigenvalue weighted by atomic mass is 10.2. The van der Waals surface area contributed by atoms with Crippen molar-refractivity contribution in [1.82, 2.24) is 0 Å². The third-order valence-corrected chi connectivity index (χ3v) is 2.05. The Balaban J connectivity index is 3.12. The van der Waals surface area contributed by atoms with E-state index in [9.17, 15) is 0 Å². The van der Waals surface area contributed by atoms with Gasteiger partial charge in [0, 0.05) is 26.9 Å². The first kappa shape index (κ1) is 15.8. The Morgan fingerprint density at radius 3 is 2.19 bits per heavy atom. The summed E-state index contributed by atoms with van der Waals surface area (Å²) in [5.74, 6) is 0. The van der Waals surface area contributed by atoms with E-state index in [-0.39, 0.29) is 6.10 Å². The summed E-state index contributed by atoms with van der Waals surface area (Å²) < 4.78 is 20.9. The van der Waals surface area contributed by atoms with Crippen LogP contribution in [0.5, 0.6) is 0 Å². The van der Waals surface area contributed by atoms with E-state index in [1.165, 1.54) is 0 Å². The summed E-state index contributed by atoms with van der Waals surface area (Å²) in [7, 11) is 1.65. The van der Waals surface area contributed by atoms with Gasteiger partial charge in [0.25, 0.3) is 0 Å². The molecule has 0 radical (unpaired) electrons. The van der Waals surface area contributed by atoms with Crippen LogP contribution in [0.3, 0.4) is 0 Å². The summed E-state index contributed by atoms with van der Waals surface area (Å²) in [6.07, 6.45) is 0.946. The zero-order chi connectivity index (χ0) is 12.1. The highest BCUT2D eigenvalue weighted by Crippen LogP contribution is 1.96. The van der Waals surface area contributed by atoms with Crippen LogP contribution in [0.15, 0.2) is 0 Å². The van der Waals surface area contributed by atoms with Crippen LogP contribution in [0, 0.1) is 0 Å². The highest BCUT2D eigenvalue weighted by Gasteiger charge is 2.04. The molecular weight excluding hydrogens is 210 g/mol. The molecule has 98 valence electrons. The van der Waals surface area contributed by atoms with E-state index in [1.807, 2.05) is 6.92 Å². The first-order valence-electron chi connectivity index (χ1n) is 5.81. The number of rotatable bonds is 12. The fourth-order valence-electron chi connectivity index (χ4n) is 1.18. The maximum atomic E-state index is 5.54. The van der Waals surface area contributed by atoms with E-state index in [0.29, 0.717) is 46.2 Å². The Bertz CT molecular complexity index is 135. The van der Waals surface area contributed by atoms with E-state index in [1.54, 1.807) is 7.11 Å². The van der Waals surface area contributed by atoms with Crippen LogP contribution in [-0.4, -0.2) is 59.4 Å². The van der Waals surface area contributed by atoms with Gasteiger partial charge in [0.05, 0.1) is 32.5 Å². The minimum Gasteiger partial charge on any atom is -0.382 e. The maximum absolute atomic E-state index is 5.54. The second kappa shape index (κ2) is 12.9. The molecular formula is C11H25NO4. The van der Waals surface area contributed by atoms with Crippen molar-refractivity contribution in [1.29, 1.82) is 0 Å². The Morgan fingerprint density at radius 2 is 1.62 bits per heavy atom. The minimum atomic E-state index is 0.111. The SMILES string of the molecule is CCOC(CN)CCOCCOCCOC. The van der Waals surface area contributed by atoms with Crippen molar-refractivity contribution in [2.75, 3.05) is 53.3 Å². The number of ether oxygens (including phenoxy) is 4. The smallest absolute Gasteiger partial charge is 0.0719 e. The molecule has 5 nitrogen and oxygen atoms in total. The molecule has 0 aliphatic heterocycles. The quantitative estimate of drug-likeness (QED) is 0.497. The lowest BCUT2D eigenvalue weighted by Gasteiger charge is -2.14. The van der Waals surface area contributed by atoms with Crippen molar-refractivity contribution in [2.45, 2.75) is 19.4 Å². The van der Waals surface area contributed by atoms with Crippen LogP contribution in [0.1, 0.15) is 13.3 Å².